The van der Waals surface area contributed by atoms with Crippen molar-refractivity contribution >= 4 is 22.4 Å². The number of rotatable bonds is 5. The fraction of sp³-hybridized carbons (Fsp3) is 0. The maximum absolute atomic E-state index is 6.32. The van der Waals surface area contributed by atoms with Crippen LogP contribution in [0.2, 0.25) is 5.02 Å². The molecule has 1 aliphatic rings. The highest BCUT2D eigenvalue weighted by Gasteiger charge is 2.34. The average molecular weight is 617 g/mol. The zero-order valence-corrected chi connectivity index (χ0v) is 26.4. The monoisotopic (exact) mass is 616 g/mol. The summed E-state index contributed by atoms with van der Waals surface area (Å²) in [5.74, 6) is 0. The van der Waals surface area contributed by atoms with E-state index in [9.17, 15) is 0 Å². The smallest absolute Gasteiger partial charge is 0.0406 e. The third-order valence-corrected chi connectivity index (χ3v) is 9.74. The van der Waals surface area contributed by atoms with Crippen LogP contribution >= 0.6 is 11.6 Å². The molecule has 0 aromatic heterocycles. The van der Waals surface area contributed by atoms with E-state index in [1.165, 1.54) is 83.1 Å². The highest BCUT2D eigenvalue weighted by atomic mass is 35.5. The molecule has 0 aliphatic heterocycles. The molecule has 0 radical (unpaired) electrons. The second-order valence-electron chi connectivity index (χ2n) is 12.1. The molecule has 47 heavy (non-hydrogen) atoms. The van der Waals surface area contributed by atoms with Crippen LogP contribution in [0, 0.1) is 0 Å². The summed E-state index contributed by atoms with van der Waals surface area (Å²) in [7, 11) is 0. The van der Waals surface area contributed by atoms with Gasteiger partial charge in [-0.05, 0) is 101 Å². The van der Waals surface area contributed by atoms with Crippen LogP contribution in [0.5, 0.6) is 0 Å². The standard InChI is InChI=1S/C46H29Cl/c47-35-26-24-30(25-27-35)36-28-29-39-44-37(36)22-13-23-38(44)45-42(33-18-9-3-10-19-33)40(31-14-5-1-6-15-31)41(32-16-7-2-8-17-32)43(46(39)45)34-20-11-4-12-21-34/h1-29H. The van der Waals surface area contributed by atoms with Gasteiger partial charge in [-0.15, -0.1) is 0 Å². The van der Waals surface area contributed by atoms with Crippen molar-refractivity contribution in [3.63, 3.8) is 0 Å². The Labute approximate surface area is 280 Å². The fourth-order valence-corrected chi connectivity index (χ4v) is 7.69. The first-order valence-electron chi connectivity index (χ1n) is 16.1. The average Bonchev–Trinajstić information content (AvgIpc) is 3.48. The van der Waals surface area contributed by atoms with E-state index in [4.69, 9.17) is 11.6 Å². The van der Waals surface area contributed by atoms with Crippen molar-refractivity contribution in [1.29, 1.82) is 0 Å². The van der Waals surface area contributed by atoms with E-state index in [0.717, 1.165) is 10.6 Å². The first-order valence-corrected chi connectivity index (χ1v) is 16.4. The van der Waals surface area contributed by atoms with Crippen molar-refractivity contribution in [1.82, 2.24) is 0 Å². The highest BCUT2D eigenvalue weighted by Crippen LogP contribution is 2.61. The van der Waals surface area contributed by atoms with Gasteiger partial charge in [0.25, 0.3) is 0 Å². The predicted octanol–water partition coefficient (Wildman–Crippen LogP) is 13.5. The minimum absolute atomic E-state index is 0.744. The number of hydrogen-bond donors (Lipinski definition) is 0. The van der Waals surface area contributed by atoms with Crippen LogP contribution in [0.4, 0.5) is 0 Å². The van der Waals surface area contributed by atoms with Gasteiger partial charge < -0.3 is 0 Å². The second-order valence-corrected chi connectivity index (χ2v) is 12.5. The van der Waals surface area contributed by atoms with Crippen molar-refractivity contribution < 1.29 is 0 Å². The molecule has 220 valence electrons. The summed E-state index contributed by atoms with van der Waals surface area (Å²) in [5, 5.41) is 3.29. The molecule has 0 N–H and O–H groups in total. The van der Waals surface area contributed by atoms with Crippen molar-refractivity contribution in [3.05, 3.63) is 181 Å². The minimum Gasteiger partial charge on any atom is -0.0843 e. The van der Waals surface area contributed by atoms with Gasteiger partial charge in [-0.25, -0.2) is 0 Å². The Morgan fingerprint density at radius 2 is 0.638 bits per heavy atom. The van der Waals surface area contributed by atoms with Gasteiger partial charge >= 0.3 is 0 Å². The molecule has 0 saturated carbocycles. The van der Waals surface area contributed by atoms with Crippen LogP contribution in [0.25, 0.3) is 88.7 Å². The number of hydrogen-bond acceptors (Lipinski definition) is 0. The van der Waals surface area contributed by atoms with Crippen molar-refractivity contribution in [2.75, 3.05) is 0 Å². The fourth-order valence-electron chi connectivity index (χ4n) is 7.57. The van der Waals surface area contributed by atoms with Crippen molar-refractivity contribution in [2.45, 2.75) is 0 Å². The molecule has 0 unspecified atom stereocenters. The first kappa shape index (κ1) is 27.6. The van der Waals surface area contributed by atoms with Gasteiger partial charge in [0.1, 0.15) is 0 Å². The molecule has 9 rings (SSSR count). The highest BCUT2D eigenvalue weighted by molar-refractivity contribution is 6.31. The maximum Gasteiger partial charge on any atom is 0.0406 e. The quantitative estimate of drug-likeness (QED) is 0.180. The van der Waals surface area contributed by atoms with Crippen LogP contribution in [-0.2, 0) is 0 Å². The van der Waals surface area contributed by atoms with Crippen molar-refractivity contribution in [3.8, 4) is 77.9 Å². The topological polar surface area (TPSA) is 0 Å². The van der Waals surface area contributed by atoms with Gasteiger partial charge in [-0.1, -0.05) is 175 Å². The lowest BCUT2D eigenvalue weighted by molar-refractivity contribution is 1.54. The van der Waals surface area contributed by atoms with Crippen LogP contribution in [-0.4, -0.2) is 0 Å². The SMILES string of the molecule is Clc1ccc(-c2ccc3c4c(cccc24)-c2c(-c4ccccc4)c(-c4ccccc4)c(-c4ccccc4)c(-c4ccccc4)c2-3)cc1. The molecule has 0 bridgehead atoms. The predicted molar refractivity (Wildman–Crippen MR) is 201 cm³/mol. The van der Waals surface area contributed by atoms with E-state index in [1.807, 2.05) is 12.1 Å². The van der Waals surface area contributed by atoms with Crippen molar-refractivity contribution in [2.24, 2.45) is 0 Å². The van der Waals surface area contributed by atoms with Gasteiger partial charge in [0.2, 0.25) is 0 Å². The first-order chi connectivity index (χ1) is 23.3. The maximum atomic E-state index is 6.32. The number of fused-ring (bicyclic) bond motifs is 3. The minimum atomic E-state index is 0.744. The van der Waals surface area contributed by atoms with Crippen LogP contribution in [0.15, 0.2) is 176 Å². The Kier molecular flexibility index (Phi) is 6.63. The summed E-state index contributed by atoms with van der Waals surface area (Å²) in [6.07, 6.45) is 0. The Morgan fingerprint density at radius 1 is 0.255 bits per heavy atom. The van der Waals surface area contributed by atoms with E-state index in [-0.39, 0.29) is 0 Å². The van der Waals surface area contributed by atoms with Crippen LogP contribution in [0.1, 0.15) is 0 Å². The molecule has 0 spiro atoms. The Hall–Kier alpha value is -5.69. The molecule has 0 fully saturated rings. The lowest BCUT2D eigenvalue weighted by Crippen LogP contribution is -1.99. The molecule has 1 aliphatic carbocycles. The summed E-state index contributed by atoms with van der Waals surface area (Å²) in [5.41, 5.74) is 17.4. The second kappa shape index (κ2) is 11.3. The molecule has 8 aromatic rings. The Morgan fingerprint density at radius 3 is 1.09 bits per heavy atom. The summed E-state index contributed by atoms with van der Waals surface area (Å²) < 4.78 is 0. The lowest BCUT2D eigenvalue weighted by Gasteiger charge is -2.26. The zero-order chi connectivity index (χ0) is 31.3. The van der Waals surface area contributed by atoms with Crippen LogP contribution < -0.4 is 0 Å². The van der Waals surface area contributed by atoms with Gasteiger partial charge in [0.05, 0.1) is 0 Å². The zero-order valence-electron chi connectivity index (χ0n) is 25.6. The normalized spacial score (nSPS) is 11.5. The molecular formula is C46H29Cl. The molecule has 0 nitrogen and oxygen atoms in total. The summed E-state index contributed by atoms with van der Waals surface area (Å²) >= 11 is 6.32. The van der Waals surface area contributed by atoms with E-state index in [0.29, 0.717) is 0 Å². The lowest BCUT2D eigenvalue weighted by atomic mass is 9.76. The van der Waals surface area contributed by atoms with Gasteiger partial charge in [-0.3, -0.25) is 0 Å². The largest absolute Gasteiger partial charge is 0.0843 e. The molecule has 0 amide bonds. The molecular weight excluding hydrogens is 588 g/mol. The Bertz CT molecular complexity index is 2290. The molecule has 8 aromatic carbocycles. The molecule has 0 heterocycles. The summed E-state index contributed by atoms with van der Waals surface area (Å²) in [4.78, 5) is 0. The molecule has 1 heteroatoms. The molecule has 0 atom stereocenters. The van der Waals surface area contributed by atoms with Gasteiger partial charge in [-0.2, -0.15) is 0 Å². The summed E-state index contributed by atoms with van der Waals surface area (Å²) in [6, 6.07) is 63.5. The summed E-state index contributed by atoms with van der Waals surface area (Å²) in [6.45, 7) is 0. The van der Waals surface area contributed by atoms with E-state index in [1.54, 1.807) is 0 Å². The van der Waals surface area contributed by atoms with Gasteiger partial charge in [0, 0.05) is 5.02 Å². The number of benzene rings is 8. The third-order valence-electron chi connectivity index (χ3n) is 9.48. The Balaban J connectivity index is 1.52. The van der Waals surface area contributed by atoms with E-state index in [2.05, 4.69) is 164 Å². The molecule has 0 saturated heterocycles. The third kappa shape index (κ3) is 4.45. The van der Waals surface area contributed by atoms with Crippen LogP contribution in [0.3, 0.4) is 0 Å². The van der Waals surface area contributed by atoms with E-state index < -0.39 is 0 Å². The number of halogens is 1. The van der Waals surface area contributed by atoms with E-state index >= 15 is 0 Å². The van der Waals surface area contributed by atoms with Gasteiger partial charge in [0.15, 0.2) is 0 Å².